The van der Waals surface area contributed by atoms with Gasteiger partial charge in [-0.1, -0.05) is 39.8 Å². The summed E-state index contributed by atoms with van der Waals surface area (Å²) in [6.07, 6.45) is 1.40. The maximum atomic E-state index is 4.06. The fourth-order valence-corrected chi connectivity index (χ4v) is 2.47. The molecule has 0 saturated heterocycles. The molecular formula is C12H22. The van der Waals surface area contributed by atoms with Crippen LogP contribution in [0.5, 0.6) is 0 Å². The maximum absolute atomic E-state index is 4.06. The largest absolute Gasteiger partial charge is 0.0999 e. The lowest BCUT2D eigenvalue weighted by atomic mass is 9.83. The van der Waals surface area contributed by atoms with Gasteiger partial charge in [0.25, 0.3) is 0 Å². The summed E-state index contributed by atoms with van der Waals surface area (Å²) < 4.78 is 0. The van der Waals surface area contributed by atoms with E-state index in [9.17, 15) is 0 Å². The van der Waals surface area contributed by atoms with Crippen molar-refractivity contribution < 1.29 is 0 Å². The van der Waals surface area contributed by atoms with Crippen LogP contribution in [0.15, 0.2) is 12.2 Å². The molecule has 70 valence electrons. The van der Waals surface area contributed by atoms with Gasteiger partial charge in [0.05, 0.1) is 0 Å². The van der Waals surface area contributed by atoms with E-state index in [0.29, 0.717) is 11.3 Å². The summed E-state index contributed by atoms with van der Waals surface area (Å²) in [5, 5.41) is 0. The molecule has 12 heavy (non-hydrogen) atoms. The van der Waals surface area contributed by atoms with Crippen LogP contribution < -0.4 is 0 Å². The number of rotatable bonds is 3. The third-order valence-corrected chi connectivity index (χ3v) is 3.88. The molecule has 1 saturated carbocycles. The molecule has 0 heterocycles. The highest BCUT2D eigenvalue weighted by Crippen LogP contribution is 2.62. The molecule has 0 aliphatic heterocycles. The van der Waals surface area contributed by atoms with E-state index in [1.807, 2.05) is 0 Å². The van der Waals surface area contributed by atoms with Crippen LogP contribution in [0.2, 0.25) is 0 Å². The third-order valence-electron chi connectivity index (χ3n) is 3.88. The zero-order valence-electron chi connectivity index (χ0n) is 9.15. The van der Waals surface area contributed by atoms with E-state index >= 15 is 0 Å². The summed E-state index contributed by atoms with van der Waals surface area (Å²) in [4.78, 5) is 0. The minimum Gasteiger partial charge on any atom is -0.0999 e. The molecule has 0 amide bonds. The fourth-order valence-electron chi connectivity index (χ4n) is 2.47. The lowest BCUT2D eigenvalue weighted by Crippen LogP contribution is -2.14. The van der Waals surface area contributed by atoms with Crippen molar-refractivity contribution in [3.63, 3.8) is 0 Å². The molecule has 1 aliphatic rings. The van der Waals surface area contributed by atoms with Gasteiger partial charge < -0.3 is 0 Å². The second-order valence-corrected chi connectivity index (χ2v) is 5.13. The quantitative estimate of drug-likeness (QED) is 0.558. The second-order valence-electron chi connectivity index (χ2n) is 5.13. The summed E-state index contributed by atoms with van der Waals surface area (Å²) in [7, 11) is 0. The molecule has 0 nitrogen and oxygen atoms in total. The highest BCUT2D eigenvalue weighted by atomic mass is 14.6. The van der Waals surface area contributed by atoms with Crippen LogP contribution >= 0.6 is 0 Å². The van der Waals surface area contributed by atoms with Gasteiger partial charge in [-0.25, -0.2) is 0 Å². The Hall–Kier alpha value is -0.260. The number of allylic oxidation sites excluding steroid dienone is 1. The molecular weight excluding hydrogens is 144 g/mol. The summed E-state index contributed by atoms with van der Waals surface area (Å²) in [6.45, 7) is 15.6. The van der Waals surface area contributed by atoms with Gasteiger partial charge in [0.2, 0.25) is 0 Å². The Morgan fingerprint density at radius 2 is 1.92 bits per heavy atom. The van der Waals surface area contributed by atoms with Gasteiger partial charge in [-0.2, -0.15) is 0 Å². The molecule has 0 radical (unpaired) electrons. The van der Waals surface area contributed by atoms with Crippen molar-refractivity contribution >= 4 is 0 Å². The third kappa shape index (κ3) is 1.44. The Labute approximate surface area is 77.1 Å². The molecule has 1 fully saturated rings. The highest BCUT2D eigenvalue weighted by Gasteiger charge is 2.54. The van der Waals surface area contributed by atoms with Crippen LogP contribution in [-0.4, -0.2) is 0 Å². The Bertz CT molecular complexity index is 190. The van der Waals surface area contributed by atoms with Crippen molar-refractivity contribution in [1.82, 2.24) is 0 Å². The van der Waals surface area contributed by atoms with E-state index in [-0.39, 0.29) is 0 Å². The minimum absolute atomic E-state index is 0.569. The van der Waals surface area contributed by atoms with E-state index in [4.69, 9.17) is 0 Å². The summed E-state index contributed by atoms with van der Waals surface area (Å²) in [6, 6.07) is 0. The molecule has 0 spiro atoms. The first kappa shape index (κ1) is 9.83. The normalized spacial score (nSPS) is 36.7. The molecule has 3 unspecified atom stereocenters. The molecule has 0 aromatic heterocycles. The van der Waals surface area contributed by atoms with Crippen molar-refractivity contribution in [3.05, 3.63) is 12.2 Å². The summed E-state index contributed by atoms with van der Waals surface area (Å²) in [5.74, 6) is 2.48. The Balaban J connectivity index is 2.60. The van der Waals surface area contributed by atoms with Gasteiger partial charge in [0, 0.05) is 0 Å². The summed E-state index contributed by atoms with van der Waals surface area (Å²) >= 11 is 0. The second kappa shape index (κ2) is 2.90. The fraction of sp³-hybridized carbons (Fsp3) is 0.833. The number of hydrogen-bond donors (Lipinski definition) is 0. The van der Waals surface area contributed by atoms with E-state index in [0.717, 1.165) is 11.8 Å². The van der Waals surface area contributed by atoms with Crippen molar-refractivity contribution in [2.75, 3.05) is 0 Å². The van der Waals surface area contributed by atoms with Crippen LogP contribution in [0.4, 0.5) is 0 Å². The molecule has 0 N–H and O–H groups in total. The van der Waals surface area contributed by atoms with Gasteiger partial charge >= 0.3 is 0 Å². The van der Waals surface area contributed by atoms with Gasteiger partial charge in [0.15, 0.2) is 0 Å². The van der Waals surface area contributed by atoms with E-state index in [2.05, 4.69) is 41.2 Å². The zero-order chi connectivity index (χ0) is 9.52. The van der Waals surface area contributed by atoms with Crippen LogP contribution in [0, 0.1) is 23.2 Å². The smallest absolute Gasteiger partial charge is 0.0180 e. The molecule has 0 bridgehead atoms. The van der Waals surface area contributed by atoms with Crippen LogP contribution in [0.3, 0.4) is 0 Å². The average molecular weight is 166 g/mol. The van der Waals surface area contributed by atoms with Gasteiger partial charge in [0.1, 0.15) is 0 Å². The molecule has 1 rings (SSSR count). The highest BCUT2D eigenvalue weighted by molar-refractivity contribution is 5.12. The van der Waals surface area contributed by atoms with Crippen LogP contribution in [-0.2, 0) is 0 Å². The molecule has 1 aliphatic carbocycles. The Kier molecular flexibility index (Phi) is 2.38. The first-order chi connectivity index (χ1) is 5.39. The zero-order valence-corrected chi connectivity index (χ0v) is 9.15. The van der Waals surface area contributed by atoms with Crippen molar-refractivity contribution in [1.29, 1.82) is 0 Å². The van der Waals surface area contributed by atoms with Crippen molar-refractivity contribution in [2.24, 2.45) is 23.2 Å². The predicted octanol–water partition coefficient (Wildman–Crippen LogP) is 3.88. The van der Waals surface area contributed by atoms with Crippen LogP contribution in [0.1, 0.15) is 41.0 Å². The Morgan fingerprint density at radius 3 is 2.17 bits per heavy atom. The Morgan fingerprint density at radius 1 is 1.42 bits per heavy atom. The van der Waals surface area contributed by atoms with Crippen molar-refractivity contribution in [3.8, 4) is 0 Å². The van der Waals surface area contributed by atoms with E-state index in [1.165, 1.54) is 12.0 Å². The first-order valence-corrected chi connectivity index (χ1v) is 5.05. The monoisotopic (exact) mass is 166 g/mol. The maximum Gasteiger partial charge on any atom is -0.0180 e. The first-order valence-electron chi connectivity index (χ1n) is 5.05. The van der Waals surface area contributed by atoms with Crippen molar-refractivity contribution in [2.45, 2.75) is 41.0 Å². The molecule has 3 atom stereocenters. The standard InChI is InChI=1S/C12H22/c1-8(2)10(5)12(6)7-11(12)9(3)4/h9-11H,1,7H2,2-6H3. The number of hydrogen-bond acceptors (Lipinski definition) is 0. The van der Waals surface area contributed by atoms with Gasteiger partial charge in [-0.15, -0.1) is 0 Å². The average Bonchev–Trinajstić information content (AvgIpc) is 2.62. The van der Waals surface area contributed by atoms with Gasteiger partial charge in [-0.3, -0.25) is 0 Å². The molecule has 0 heteroatoms. The SMILES string of the molecule is C=C(C)C(C)C1(C)CC1C(C)C. The lowest BCUT2D eigenvalue weighted by molar-refractivity contribution is 0.337. The molecule has 0 aromatic rings. The van der Waals surface area contributed by atoms with Gasteiger partial charge in [-0.05, 0) is 36.5 Å². The lowest BCUT2D eigenvalue weighted by Gasteiger charge is -2.22. The van der Waals surface area contributed by atoms with Crippen LogP contribution in [0.25, 0.3) is 0 Å². The van der Waals surface area contributed by atoms with E-state index < -0.39 is 0 Å². The predicted molar refractivity (Wildman–Crippen MR) is 55.0 cm³/mol. The minimum atomic E-state index is 0.569. The summed E-state index contributed by atoms with van der Waals surface area (Å²) in [5.41, 5.74) is 1.92. The molecule has 0 aromatic carbocycles. The topological polar surface area (TPSA) is 0 Å². The van der Waals surface area contributed by atoms with E-state index in [1.54, 1.807) is 0 Å².